The van der Waals surface area contributed by atoms with Crippen molar-refractivity contribution in [2.75, 3.05) is 20.7 Å². The average Bonchev–Trinajstić information content (AvgIpc) is 2.29. The van der Waals surface area contributed by atoms with Crippen molar-refractivity contribution >= 4 is 5.97 Å². The van der Waals surface area contributed by atoms with Crippen molar-refractivity contribution in [1.82, 2.24) is 4.90 Å². The largest absolute Gasteiger partial charge is 0.468 e. The summed E-state index contributed by atoms with van der Waals surface area (Å²) in [4.78, 5) is 13.1. The molecule has 1 rings (SSSR count). The first-order chi connectivity index (χ1) is 7.63. The molecule has 0 amide bonds. The molecular formula is C12H18N2O2. The minimum atomic E-state index is -0.585. The number of rotatable bonds is 5. The molecule has 0 spiro atoms. The van der Waals surface area contributed by atoms with E-state index in [1.54, 1.807) is 0 Å². The van der Waals surface area contributed by atoms with Gasteiger partial charge in [-0.25, -0.2) is 0 Å². The van der Waals surface area contributed by atoms with E-state index < -0.39 is 6.04 Å². The first-order valence-corrected chi connectivity index (χ1v) is 5.19. The third-order valence-corrected chi connectivity index (χ3v) is 2.31. The summed E-state index contributed by atoms with van der Waals surface area (Å²) < 4.78 is 4.57. The van der Waals surface area contributed by atoms with Gasteiger partial charge in [0.1, 0.15) is 6.04 Å². The Bertz CT molecular complexity index is 327. The van der Waals surface area contributed by atoms with Crippen molar-refractivity contribution in [2.45, 2.75) is 12.6 Å². The van der Waals surface area contributed by atoms with Crippen LogP contribution in [-0.2, 0) is 16.1 Å². The standard InChI is InChI=1S/C12H18N2O2/c1-14(9-11(13)12(15)16-2)8-10-6-4-3-5-7-10/h3-7,11H,8-9,13H2,1-2H3. The molecule has 1 aromatic carbocycles. The fraction of sp³-hybridized carbons (Fsp3) is 0.417. The summed E-state index contributed by atoms with van der Waals surface area (Å²) in [5.41, 5.74) is 6.86. The molecule has 0 heterocycles. The van der Waals surface area contributed by atoms with Gasteiger partial charge >= 0.3 is 5.97 Å². The Hall–Kier alpha value is -1.39. The molecule has 0 aliphatic rings. The lowest BCUT2D eigenvalue weighted by Crippen LogP contribution is -2.41. The Morgan fingerprint density at radius 3 is 2.62 bits per heavy atom. The summed E-state index contributed by atoms with van der Waals surface area (Å²) in [5.74, 6) is -0.375. The van der Waals surface area contributed by atoms with Gasteiger partial charge in [0.05, 0.1) is 7.11 Å². The van der Waals surface area contributed by atoms with Crippen LogP contribution in [0.5, 0.6) is 0 Å². The van der Waals surface area contributed by atoms with Gasteiger partial charge in [0.25, 0.3) is 0 Å². The van der Waals surface area contributed by atoms with Crippen LogP contribution in [0.15, 0.2) is 30.3 Å². The lowest BCUT2D eigenvalue weighted by atomic mass is 10.2. The molecule has 0 aliphatic carbocycles. The second-order valence-electron chi connectivity index (χ2n) is 3.81. The molecule has 0 saturated carbocycles. The average molecular weight is 222 g/mol. The van der Waals surface area contributed by atoms with E-state index in [0.717, 1.165) is 6.54 Å². The lowest BCUT2D eigenvalue weighted by Gasteiger charge is -2.19. The van der Waals surface area contributed by atoms with Gasteiger partial charge in [-0.2, -0.15) is 0 Å². The molecular weight excluding hydrogens is 204 g/mol. The van der Waals surface area contributed by atoms with Gasteiger partial charge in [-0.05, 0) is 12.6 Å². The topological polar surface area (TPSA) is 55.6 Å². The number of hydrogen-bond acceptors (Lipinski definition) is 4. The molecule has 0 fully saturated rings. The molecule has 0 aliphatic heterocycles. The number of likely N-dealkylation sites (N-methyl/N-ethyl adjacent to an activating group) is 1. The molecule has 88 valence electrons. The number of nitrogens with two attached hydrogens (primary N) is 1. The number of esters is 1. The minimum Gasteiger partial charge on any atom is -0.468 e. The molecule has 4 heteroatoms. The Balaban J connectivity index is 2.42. The molecule has 16 heavy (non-hydrogen) atoms. The van der Waals surface area contributed by atoms with E-state index in [1.807, 2.05) is 42.3 Å². The van der Waals surface area contributed by atoms with Crippen molar-refractivity contribution in [1.29, 1.82) is 0 Å². The molecule has 2 N–H and O–H groups in total. The van der Waals surface area contributed by atoms with Gasteiger partial charge in [-0.15, -0.1) is 0 Å². The van der Waals surface area contributed by atoms with Crippen LogP contribution in [0.4, 0.5) is 0 Å². The Morgan fingerprint density at radius 2 is 2.06 bits per heavy atom. The highest BCUT2D eigenvalue weighted by molar-refractivity contribution is 5.75. The maximum absolute atomic E-state index is 11.1. The minimum absolute atomic E-state index is 0.375. The smallest absolute Gasteiger partial charge is 0.323 e. The van der Waals surface area contributed by atoms with Gasteiger partial charge in [0.2, 0.25) is 0 Å². The molecule has 0 bridgehead atoms. The number of ether oxygens (including phenoxy) is 1. The van der Waals surface area contributed by atoms with E-state index in [4.69, 9.17) is 5.73 Å². The maximum Gasteiger partial charge on any atom is 0.323 e. The number of hydrogen-bond donors (Lipinski definition) is 1. The summed E-state index contributed by atoms with van der Waals surface area (Å²) in [6, 6.07) is 9.45. The second kappa shape index (κ2) is 6.25. The molecule has 0 radical (unpaired) electrons. The number of nitrogens with zero attached hydrogens (tertiary/aromatic N) is 1. The third-order valence-electron chi connectivity index (χ3n) is 2.31. The van der Waals surface area contributed by atoms with Gasteiger partial charge < -0.3 is 10.5 Å². The van der Waals surface area contributed by atoms with Gasteiger partial charge in [0, 0.05) is 13.1 Å². The van der Waals surface area contributed by atoms with E-state index in [9.17, 15) is 4.79 Å². The quantitative estimate of drug-likeness (QED) is 0.742. The molecule has 4 nitrogen and oxygen atoms in total. The fourth-order valence-electron chi connectivity index (χ4n) is 1.52. The number of methoxy groups -OCH3 is 1. The van der Waals surface area contributed by atoms with Crippen molar-refractivity contribution < 1.29 is 9.53 Å². The Morgan fingerprint density at radius 1 is 1.44 bits per heavy atom. The summed E-state index contributed by atoms with van der Waals surface area (Å²) in [6.07, 6.45) is 0. The summed E-state index contributed by atoms with van der Waals surface area (Å²) in [7, 11) is 3.27. The number of carbonyl (C=O) groups excluding carboxylic acids is 1. The van der Waals surface area contributed by atoms with Gasteiger partial charge in [-0.1, -0.05) is 30.3 Å². The van der Waals surface area contributed by atoms with E-state index >= 15 is 0 Å². The van der Waals surface area contributed by atoms with Crippen LogP contribution in [0, 0.1) is 0 Å². The summed E-state index contributed by atoms with van der Waals surface area (Å²) >= 11 is 0. The second-order valence-corrected chi connectivity index (χ2v) is 3.81. The lowest BCUT2D eigenvalue weighted by molar-refractivity contribution is -0.142. The summed E-state index contributed by atoms with van der Waals surface area (Å²) in [6.45, 7) is 1.26. The van der Waals surface area contributed by atoms with Crippen LogP contribution in [0.1, 0.15) is 5.56 Å². The monoisotopic (exact) mass is 222 g/mol. The predicted octanol–water partition coefficient (Wildman–Crippen LogP) is 0.619. The third kappa shape index (κ3) is 4.00. The van der Waals surface area contributed by atoms with E-state index in [-0.39, 0.29) is 5.97 Å². The highest BCUT2D eigenvalue weighted by atomic mass is 16.5. The zero-order chi connectivity index (χ0) is 12.0. The van der Waals surface area contributed by atoms with Crippen LogP contribution in [0.25, 0.3) is 0 Å². The van der Waals surface area contributed by atoms with E-state index in [2.05, 4.69) is 4.74 Å². The first kappa shape index (κ1) is 12.7. The Labute approximate surface area is 96.0 Å². The van der Waals surface area contributed by atoms with Crippen molar-refractivity contribution in [3.63, 3.8) is 0 Å². The summed E-state index contributed by atoms with van der Waals surface area (Å²) in [5, 5.41) is 0. The Kier molecular flexibility index (Phi) is 4.95. The SMILES string of the molecule is COC(=O)C(N)CN(C)Cc1ccccc1. The van der Waals surface area contributed by atoms with Crippen molar-refractivity contribution in [2.24, 2.45) is 5.73 Å². The van der Waals surface area contributed by atoms with Crippen LogP contribution >= 0.6 is 0 Å². The fourth-order valence-corrected chi connectivity index (χ4v) is 1.52. The van der Waals surface area contributed by atoms with Crippen LogP contribution < -0.4 is 5.73 Å². The van der Waals surface area contributed by atoms with Crippen LogP contribution in [0.3, 0.4) is 0 Å². The van der Waals surface area contributed by atoms with Crippen molar-refractivity contribution in [3.05, 3.63) is 35.9 Å². The van der Waals surface area contributed by atoms with Gasteiger partial charge in [-0.3, -0.25) is 9.69 Å². The molecule has 1 unspecified atom stereocenters. The van der Waals surface area contributed by atoms with Gasteiger partial charge in [0.15, 0.2) is 0 Å². The normalized spacial score (nSPS) is 12.5. The predicted molar refractivity (Wildman–Crippen MR) is 62.8 cm³/mol. The molecule has 1 atom stereocenters. The van der Waals surface area contributed by atoms with E-state index in [0.29, 0.717) is 6.54 Å². The molecule has 0 aromatic heterocycles. The van der Waals surface area contributed by atoms with Crippen LogP contribution in [-0.4, -0.2) is 37.6 Å². The molecule has 0 saturated heterocycles. The maximum atomic E-state index is 11.1. The zero-order valence-corrected chi connectivity index (χ0v) is 9.72. The number of carbonyl (C=O) groups is 1. The highest BCUT2D eigenvalue weighted by Gasteiger charge is 2.15. The van der Waals surface area contributed by atoms with E-state index in [1.165, 1.54) is 12.7 Å². The number of benzene rings is 1. The van der Waals surface area contributed by atoms with Crippen molar-refractivity contribution in [3.8, 4) is 0 Å². The molecule has 1 aromatic rings. The first-order valence-electron chi connectivity index (χ1n) is 5.19. The van der Waals surface area contributed by atoms with Crippen LogP contribution in [0.2, 0.25) is 0 Å². The zero-order valence-electron chi connectivity index (χ0n) is 9.72. The highest BCUT2D eigenvalue weighted by Crippen LogP contribution is 2.02.